The number of allylic oxidation sites excluding steroid dienone is 1. The maximum atomic E-state index is 9.58. The zero-order valence-corrected chi connectivity index (χ0v) is 9.89. The fraction of sp³-hybridized carbons (Fsp3) is 0.615. The Balaban J connectivity index is 2.05. The van der Waals surface area contributed by atoms with Crippen LogP contribution in [0, 0.1) is 0 Å². The summed E-state index contributed by atoms with van der Waals surface area (Å²) in [6.45, 7) is 3.21. The Bertz CT molecular complexity index is 368. The van der Waals surface area contributed by atoms with Crippen molar-refractivity contribution in [3.63, 3.8) is 0 Å². The van der Waals surface area contributed by atoms with Crippen LogP contribution in [0.5, 0.6) is 0 Å². The van der Waals surface area contributed by atoms with Crippen LogP contribution in [0.25, 0.3) is 0 Å². The molecule has 1 aromatic heterocycles. The Morgan fingerprint density at radius 2 is 2.44 bits per heavy atom. The highest BCUT2D eigenvalue weighted by Crippen LogP contribution is 2.21. The molecule has 1 heterocycles. The van der Waals surface area contributed by atoms with Crippen LogP contribution in [0.15, 0.2) is 24.0 Å². The first-order valence-electron chi connectivity index (χ1n) is 6.17. The SMILES string of the molecule is CCCn1ccnc1CC1=CC(O)CCC1. The van der Waals surface area contributed by atoms with Gasteiger partial charge in [-0.2, -0.15) is 0 Å². The molecule has 3 nitrogen and oxygen atoms in total. The second-order valence-electron chi connectivity index (χ2n) is 4.50. The summed E-state index contributed by atoms with van der Waals surface area (Å²) in [6.07, 6.45) is 10.8. The van der Waals surface area contributed by atoms with Crippen molar-refractivity contribution in [2.45, 2.75) is 51.7 Å². The van der Waals surface area contributed by atoms with Gasteiger partial charge in [-0.1, -0.05) is 18.6 Å². The molecule has 0 radical (unpaired) electrons. The standard InChI is InChI=1S/C13H20N2O/c1-2-7-15-8-6-14-13(15)10-11-4-3-5-12(16)9-11/h6,8-9,12,16H,2-5,7,10H2,1H3. The Morgan fingerprint density at radius 3 is 3.19 bits per heavy atom. The minimum atomic E-state index is -0.238. The summed E-state index contributed by atoms with van der Waals surface area (Å²) in [6, 6.07) is 0. The summed E-state index contributed by atoms with van der Waals surface area (Å²) in [5, 5.41) is 9.58. The fourth-order valence-corrected chi connectivity index (χ4v) is 2.28. The van der Waals surface area contributed by atoms with Gasteiger partial charge in [0.1, 0.15) is 5.82 Å². The van der Waals surface area contributed by atoms with Crippen molar-refractivity contribution in [2.75, 3.05) is 0 Å². The van der Waals surface area contributed by atoms with E-state index in [1.807, 2.05) is 18.5 Å². The lowest BCUT2D eigenvalue weighted by atomic mass is 9.95. The number of aryl methyl sites for hydroxylation is 1. The van der Waals surface area contributed by atoms with E-state index in [0.29, 0.717) is 0 Å². The lowest BCUT2D eigenvalue weighted by molar-refractivity contribution is 0.201. The first-order valence-corrected chi connectivity index (χ1v) is 6.17. The van der Waals surface area contributed by atoms with Crippen molar-refractivity contribution in [3.8, 4) is 0 Å². The summed E-state index contributed by atoms with van der Waals surface area (Å²) in [4.78, 5) is 4.39. The van der Waals surface area contributed by atoms with Gasteiger partial charge in [0.2, 0.25) is 0 Å². The van der Waals surface area contributed by atoms with Crippen molar-refractivity contribution in [1.82, 2.24) is 9.55 Å². The molecule has 0 aliphatic heterocycles. The molecule has 1 atom stereocenters. The van der Waals surface area contributed by atoms with Crippen LogP contribution in [0.4, 0.5) is 0 Å². The molecule has 3 heteroatoms. The van der Waals surface area contributed by atoms with E-state index in [2.05, 4.69) is 16.5 Å². The van der Waals surface area contributed by atoms with Crippen molar-refractivity contribution in [1.29, 1.82) is 0 Å². The first kappa shape index (κ1) is 11.4. The van der Waals surface area contributed by atoms with Gasteiger partial charge in [0.05, 0.1) is 6.10 Å². The number of hydrogen-bond acceptors (Lipinski definition) is 2. The molecule has 1 unspecified atom stereocenters. The Hall–Kier alpha value is -1.09. The molecule has 0 saturated carbocycles. The van der Waals surface area contributed by atoms with Crippen LogP contribution in [-0.4, -0.2) is 20.8 Å². The molecule has 16 heavy (non-hydrogen) atoms. The molecule has 1 N–H and O–H groups in total. The molecule has 0 bridgehead atoms. The molecule has 1 aliphatic carbocycles. The van der Waals surface area contributed by atoms with E-state index in [0.717, 1.165) is 44.5 Å². The maximum absolute atomic E-state index is 9.58. The van der Waals surface area contributed by atoms with Gasteiger partial charge in [-0.3, -0.25) is 0 Å². The monoisotopic (exact) mass is 220 g/mol. The Morgan fingerprint density at radius 1 is 1.56 bits per heavy atom. The molecular formula is C13H20N2O. The molecule has 0 saturated heterocycles. The second-order valence-corrected chi connectivity index (χ2v) is 4.50. The van der Waals surface area contributed by atoms with Crippen LogP contribution >= 0.6 is 0 Å². The summed E-state index contributed by atoms with van der Waals surface area (Å²) >= 11 is 0. The zero-order chi connectivity index (χ0) is 11.4. The summed E-state index contributed by atoms with van der Waals surface area (Å²) in [5.41, 5.74) is 1.34. The number of aromatic nitrogens is 2. The number of aliphatic hydroxyl groups excluding tert-OH is 1. The third kappa shape index (κ3) is 2.73. The minimum Gasteiger partial charge on any atom is -0.389 e. The van der Waals surface area contributed by atoms with E-state index >= 15 is 0 Å². The number of nitrogens with zero attached hydrogens (tertiary/aromatic N) is 2. The Labute approximate surface area is 96.8 Å². The second kappa shape index (κ2) is 5.30. The van der Waals surface area contributed by atoms with Gasteiger partial charge in [0.15, 0.2) is 0 Å². The number of hydrogen-bond donors (Lipinski definition) is 1. The van der Waals surface area contributed by atoms with Crippen LogP contribution in [0.2, 0.25) is 0 Å². The molecule has 88 valence electrons. The highest BCUT2D eigenvalue weighted by atomic mass is 16.3. The molecule has 0 aromatic carbocycles. The average Bonchev–Trinajstić information content (AvgIpc) is 2.66. The smallest absolute Gasteiger partial charge is 0.112 e. The molecule has 2 rings (SSSR count). The number of rotatable bonds is 4. The summed E-state index contributed by atoms with van der Waals surface area (Å²) in [7, 11) is 0. The lowest BCUT2D eigenvalue weighted by Gasteiger charge is -2.17. The average molecular weight is 220 g/mol. The Kier molecular flexibility index (Phi) is 3.78. The number of aliphatic hydroxyl groups is 1. The van der Waals surface area contributed by atoms with Crippen molar-refractivity contribution in [2.24, 2.45) is 0 Å². The van der Waals surface area contributed by atoms with E-state index < -0.39 is 0 Å². The van der Waals surface area contributed by atoms with Gasteiger partial charge in [-0.15, -0.1) is 0 Å². The van der Waals surface area contributed by atoms with Crippen LogP contribution in [0.3, 0.4) is 0 Å². The topological polar surface area (TPSA) is 38.0 Å². The van der Waals surface area contributed by atoms with Gasteiger partial charge in [-0.05, 0) is 25.7 Å². The largest absolute Gasteiger partial charge is 0.389 e. The van der Waals surface area contributed by atoms with Crippen LogP contribution in [0.1, 0.15) is 38.4 Å². The molecular weight excluding hydrogens is 200 g/mol. The predicted octanol–water partition coefficient (Wildman–Crippen LogP) is 2.31. The van der Waals surface area contributed by atoms with E-state index in [1.165, 1.54) is 5.57 Å². The third-order valence-corrected chi connectivity index (χ3v) is 3.08. The van der Waals surface area contributed by atoms with Crippen molar-refractivity contribution in [3.05, 3.63) is 29.9 Å². The van der Waals surface area contributed by atoms with Gasteiger partial charge in [0, 0.05) is 25.4 Å². The molecule has 0 fully saturated rings. The van der Waals surface area contributed by atoms with Crippen LogP contribution in [-0.2, 0) is 13.0 Å². The van der Waals surface area contributed by atoms with E-state index in [4.69, 9.17) is 0 Å². The van der Waals surface area contributed by atoms with Crippen molar-refractivity contribution < 1.29 is 5.11 Å². The lowest BCUT2D eigenvalue weighted by Crippen LogP contribution is -2.12. The molecule has 1 aliphatic rings. The number of imidazole rings is 1. The van der Waals surface area contributed by atoms with Gasteiger partial charge in [0.25, 0.3) is 0 Å². The first-order chi connectivity index (χ1) is 7.79. The summed E-state index contributed by atoms with van der Waals surface area (Å²) < 4.78 is 2.21. The zero-order valence-electron chi connectivity index (χ0n) is 9.89. The minimum absolute atomic E-state index is 0.238. The van der Waals surface area contributed by atoms with Gasteiger partial charge < -0.3 is 9.67 Å². The quantitative estimate of drug-likeness (QED) is 0.791. The maximum Gasteiger partial charge on any atom is 0.112 e. The summed E-state index contributed by atoms with van der Waals surface area (Å²) in [5.74, 6) is 1.13. The normalized spacial score (nSPS) is 20.9. The van der Waals surface area contributed by atoms with Crippen LogP contribution < -0.4 is 0 Å². The molecule has 0 spiro atoms. The van der Waals surface area contributed by atoms with E-state index in [9.17, 15) is 5.11 Å². The fourth-order valence-electron chi connectivity index (χ4n) is 2.28. The molecule has 1 aromatic rings. The third-order valence-electron chi connectivity index (χ3n) is 3.08. The van der Waals surface area contributed by atoms with E-state index in [1.54, 1.807) is 0 Å². The predicted molar refractivity (Wildman–Crippen MR) is 64.2 cm³/mol. The van der Waals surface area contributed by atoms with Gasteiger partial charge in [-0.25, -0.2) is 4.98 Å². The highest BCUT2D eigenvalue weighted by molar-refractivity contribution is 5.14. The highest BCUT2D eigenvalue weighted by Gasteiger charge is 2.13. The molecule has 0 amide bonds. The van der Waals surface area contributed by atoms with E-state index in [-0.39, 0.29) is 6.10 Å². The van der Waals surface area contributed by atoms with Crippen molar-refractivity contribution >= 4 is 0 Å². The van der Waals surface area contributed by atoms with Gasteiger partial charge >= 0.3 is 0 Å².